The van der Waals surface area contributed by atoms with Gasteiger partial charge in [0.1, 0.15) is 29.6 Å². The number of rotatable bonds is 10. The van der Waals surface area contributed by atoms with Gasteiger partial charge in [0.05, 0.1) is 12.5 Å². The average molecular weight is 535 g/mol. The normalized spacial score (nSPS) is 10.8. The van der Waals surface area contributed by atoms with Crippen molar-refractivity contribution in [3.8, 4) is 34.1 Å². The van der Waals surface area contributed by atoms with Gasteiger partial charge in [-0.25, -0.2) is 4.79 Å². The molecule has 0 radical (unpaired) electrons. The summed E-state index contributed by atoms with van der Waals surface area (Å²) >= 11 is 0. The minimum Gasteiger partial charge on any atom is -0.489 e. The minimum absolute atomic E-state index is 0.336. The third kappa shape index (κ3) is 6.35. The van der Waals surface area contributed by atoms with Crippen molar-refractivity contribution in [2.24, 2.45) is 0 Å². The fourth-order valence-electron chi connectivity index (χ4n) is 4.43. The molecule has 0 aliphatic heterocycles. The number of hydrogen-bond acceptors (Lipinski definition) is 5. The predicted molar refractivity (Wildman–Crippen MR) is 155 cm³/mol. The Morgan fingerprint density at radius 1 is 0.750 bits per heavy atom. The highest BCUT2D eigenvalue weighted by Gasteiger charge is 2.10. The van der Waals surface area contributed by atoms with Crippen LogP contribution in [0, 0.1) is 20.8 Å². The van der Waals surface area contributed by atoms with Gasteiger partial charge in [0, 0.05) is 11.1 Å². The molecular formula is C34H30O6. The van der Waals surface area contributed by atoms with E-state index in [-0.39, 0.29) is 6.61 Å². The number of aryl methyl sites for hydroxylation is 3. The summed E-state index contributed by atoms with van der Waals surface area (Å²) < 4.78 is 22.7. The maximum Gasteiger partial charge on any atom is 0.341 e. The lowest BCUT2D eigenvalue weighted by molar-refractivity contribution is -0.139. The van der Waals surface area contributed by atoms with Crippen molar-refractivity contribution in [3.63, 3.8) is 0 Å². The van der Waals surface area contributed by atoms with Gasteiger partial charge < -0.3 is 23.4 Å². The average Bonchev–Trinajstić information content (AvgIpc) is 3.59. The molecule has 2 aromatic heterocycles. The molecule has 0 fully saturated rings. The summed E-state index contributed by atoms with van der Waals surface area (Å²) in [5.41, 5.74) is 8.11. The number of carboxylic acid groups (broad SMARTS) is 1. The highest BCUT2D eigenvalue weighted by atomic mass is 16.5. The van der Waals surface area contributed by atoms with Crippen LogP contribution in [0.25, 0.3) is 28.2 Å². The lowest BCUT2D eigenvalue weighted by Gasteiger charge is -2.12. The second-order valence-electron chi connectivity index (χ2n) is 9.67. The lowest BCUT2D eigenvalue weighted by atomic mass is 9.95. The molecule has 0 bridgehead atoms. The second kappa shape index (κ2) is 11.8. The Labute approximate surface area is 233 Å². The first-order chi connectivity index (χ1) is 19.4. The molecule has 0 spiro atoms. The summed E-state index contributed by atoms with van der Waals surface area (Å²) in [7, 11) is 0. The van der Waals surface area contributed by atoms with Crippen LogP contribution in [0.5, 0.6) is 11.5 Å². The molecule has 0 unspecified atom stereocenters. The number of aliphatic carboxylic acids is 1. The zero-order valence-electron chi connectivity index (χ0n) is 22.6. The summed E-state index contributed by atoms with van der Waals surface area (Å²) in [6.07, 6.45) is 5.56. The van der Waals surface area contributed by atoms with Gasteiger partial charge in [-0.15, -0.1) is 0 Å². The molecule has 5 aromatic rings. The molecule has 0 atom stereocenters. The Balaban J connectivity index is 1.39. The molecule has 0 aliphatic rings. The molecule has 6 nitrogen and oxygen atoms in total. The number of carbonyl (C=O) groups is 1. The van der Waals surface area contributed by atoms with Crippen LogP contribution in [-0.2, 0) is 4.79 Å². The molecule has 40 heavy (non-hydrogen) atoms. The Bertz CT molecular complexity index is 1550. The van der Waals surface area contributed by atoms with E-state index in [1.54, 1.807) is 24.7 Å². The van der Waals surface area contributed by atoms with Crippen LogP contribution < -0.4 is 9.47 Å². The third-order valence-corrected chi connectivity index (χ3v) is 6.46. The van der Waals surface area contributed by atoms with E-state index < -0.39 is 5.97 Å². The standard InChI is InChI=1S/C34H30O6/c1-22-16-32(38-19-22)27-8-4-25(5-9-27)30(26-6-10-28(11-7-26)33-17-23(2)20-39-33)14-15-37-29-12-13-31(24(3)18-29)40-21-34(35)36/h4-14,16-20H,15,21H2,1-3H3,(H,35,36). The van der Waals surface area contributed by atoms with Gasteiger partial charge in [0.25, 0.3) is 0 Å². The van der Waals surface area contributed by atoms with Crippen molar-refractivity contribution < 1.29 is 28.2 Å². The molecule has 0 saturated heterocycles. The molecule has 3 aromatic carbocycles. The summed E-state index contributed by atoms with van der Waals surface area (Å²) in [4.78, 5) is 10.8. The summed E-state index contributed by atoms with van der Waals surface area (Å²) in [5, 5.41) is 8.86. The van der Waals surface area contributed by atoms with Crippen molar-refractivity contribution in [2.45, 2.75) is 20.8 Å². The third-order valence-electron chi connectivity index (χ3n) is 6.46. The summed E-state index contributed by atoms with van der Waals surface area (Å²) in [6.45, 7) is 5.82. The van der Waals surface area contributed by atoms with Gasteiger partial charge in [-0.05, 0) is 90.6 Å². The zero-order chi connectivity index (χ0) is 28.1. The number of benzene rings is 3. The van der Waals surface area contributed by atoms with Crippen LogP contribution in [0.15, 0.2) is 106 Å². The SMILES string of the molecule is Cc1coc(-c2ccc(C(=CCOc3ccc(OCC(=O)O)c(C)c3)c3ccc(-c4cc(C)co4)cc3)cc2)c1. The van der Waals surface area contributed by atoms with E-state index in [2.05, 4.69) is 54.6 Å². The first-order valence-electron chi connectivity index (χ1n) is 13.0. The van der Waals surface area contributed by atoms with Gasteiger partial charge in [0.2, 0.25) is 0 Å². The first kappa shape index (κ1) is 26.6. The van der Waals surface area contributed by atoms with Crippen LogP contribution in [0.1, 0.15) is 27.8 Å². The quantitative estimate of drug-likeness (QED) is 0.195. The maximum atomic E-state index is 10.8. The predicted octanol–water partition coefficient (Wildman–Crippen LogP) is 8.11. The van der Waals surface area contributed by atoms with Gasteiger partial charge in [-0.2, -0.15) is 0 Å². The molecule has 5 rings (SSSR count). The van der Waals surface area contributed by atoms with Crippen LogP contribution in [-0.4, -0.2) is 24.3 Å². The Morgan fingerprint density at radius 2 is 1.30 bits per heavy atom. The largest absolute Gasteiger partial charge is 0.489 e. The van der Waals surface area contributed by atoms with E-state index in [1.165, 1.54) is 0 Å². The monoisotopic (exact) mass is 534 g/mol. The highest BCUT2D eigenvalue weighted by Crippen LogP contribution is 2.30. The molecule has 2 heterocycles. The van der Waals surface area contributed by atoms with Crippen molar-refractivity contribution >= 4 is 11.5 Å². The number of hydrogen-bond donors (Lipinski definition) is 1. The molecular weight excluding hydrogens is 504 g/mol. The fraction of sp³-hybridized carbons (Fsp3) is 0.147. The number of carboxylic acids is 1. The van der Waals surface area contributed by atoms with Gasteiger partial charge in [-0.3, -0.25) is 0 Å². The second-order valence-corrected chi connectivity index (χ2v) is 9.67. The van der Waals surface area contributed by atoms with Crippen molar-refractivity contribution in [3.05, 3.63) is 125 Å². The smallest absolute Gasteiger partial charge is 0.341 e. The zero-order valence-corrected chi connectivity index (χ0v) is 22.6. The van der Waals surface area contributed by atoms with Crippen molar-refractivity contribution in [1.29, 1.82) is 0 Å². The van der Waals surface area contributed by atoms with Gasteiger partial charge >= 0.3 is 5.97 Å². The first-order valence-corrected chi connectivity index (χ1v) is 13.0. The van der Waals surface area contributed by atoms with Crippen LogP contribution in [0.4, 0.5) is 0 Å². The van der Waals surface area contributed by atoms with Gasteiger partial charge in [-0.1, -0.05) is 48.5 Å². The minimum atomic E-state index is -1.02. The molecule has 1 N–H and O–H groups in total. The van der Waals surface area contributed by atoms with Crippen LogP contribution in [0.3, 0.4) is 0 Å². The molecule has 0 aliphatic carbocycles. The molecule has 0 amide bonds. The number of furan rings is 2. The summed E-state index contributed by atoms with van der Waals surface area (Å²) in [5.74, 6) is 1.84. The molecule has 6 heteroatoms. The van der Waals surface area contributed by atoms with E-state index >= 15 is 0 Å². The van der Waals surface area contributed by atoms with Gasteiger partial charge in [0.15, 0.2) is 6.61 Å². The lowest BCUT2D eigenvalue weighted by Crippen LogP contribution is -2.10. The summed E-state index contributed by atoms with van der Waals surface area (Å²) in [6, 6.07) is 26.0. The van der Waals surface area contributed by atoms with E-state index in [0.29, 0.717) is 18.1 Å². The Kier molecular flexibility index (Phi) is 7.87. The Morgan fingerprint density at radius 3 is 1.75 bits per heavy atom. The van der Waals surface area contributed by atoms with Crippen molar-refractivity contribution in [2.75, 3.05) is 13.2 Å². The fourth-order valence-corrected chi connectivity index (χ4v) is 4.43. The van der Waals surface area contributed by atoms with Crippen LogP contribution in [0.2, 0.25) is 0 Å². The molecule has 202 valence electrons. The van der Waals surface area contributed by atoms with E-state index in [0.717, 1.165) is 56.0 Å². The molecule has 0 saturated carbocycles. The topological polar surface area (TPSA) is 82.0 Å². The highest BCUT2D eigenvalue weighted by molar-refractivity contribution is 5.81. The van der Waals surface area contributed by atoms with Crippen molar-refractivity contribution in [1.82, 2.24) is 0 Å². The maximum absolute atomic E-state index is 10.8. The number of ether oxygens (including phenoxy) is 2. The Hall–Kier alpha value is -4.97. The van der Waals surface area contributed by atoms with Crippen LogP contribution >= 0.6 is 0 Å². The van der Waals surface area contributed by atoms with E-state index in [9.17, 15) is 4.79 Å². The van der Waals surface area contributed by atoms with E-state index in [1.807, 2.05) is 39.0 Å². The van der Waals surface area contributed by atoms with E-state index in [4.69, 9.17) is 23.4 Å².